The van der Waals surface area contributed by atoms with Crippen molar-refractivity contribution in [3.8, 4) is 0 Å². The van der Waals surface area contributed by atoms with Crippen LogP contribution < -0.4 is 15.1 Å². The largest absolute Gasteiger partial charge is 0.352 e. The molecule has 0 bridgehead atoms. The lowest BCUT2D eigenvalue weighted by atomic mass is 10.1. The highest BCUT2D eigenvalue weighted by Crippen LogP contribution is 2.28. The predicted octanol–water partition coefficient (Wildman–Crippen LogP) is 3.53. The van der Waals surface area contributed by atoms with Crippen molar-refractivity contribution in [2.45, 2.75) is 25.7 Å². The SMILES string of the molecule is O=C(NCC1CC(=O)N(c2ccc(N3CCCCC3=O)cc2)C1)c1ccc2cnccc2c1. The van der Waals surface area contributed by atoms with Gasteiger partial charge in [0.15, 0.2) is 0 Å². The summed E-state index contributed by atoms with van der Waals surface area (Å²) in [7, 11) is 0. The average Bonchev–Trinajstić information content (AvgIpc) is 3.23. The van der Waals surface area contributed by atoms with Gasteiger partial charge in [-0.2, -0.15) is 0 Å². The van der Waals surface area contributed by atoms with Gasteiger partial charge < -0.3 is 15.1 Å². The number of nitrogens with one attached hydrogen (secondary N) is 1. The lowest BCUT2D eigenvalue weighted by Gasteiger charge is -2.27. The van der Waals surface area contributed by atoms with Gasteiger partial charge in [0.05, 0.1) is 0 Å². The van der Waals surface area contributed by atoms with Crippen molar-refractivity contribution in [2.75, 3.05) is 29.4 Å². The van der Waals surface area contributed by atoms with Crippen LogP contribution in [0.4, 0.5) is 11.4 Å². The first-order valence-electron chi connectivity index (χ1n) is 11.4. The van der Waals surface area contributed by atoms with E-state index in [4.69, 9.17) is 0 Å². The monoisotopic (exact) mass is 442 g/mol. The van der Waals surface area contributed by atoms with Crippen LogP contribution in [0, 0.1) is 5.92 Å². The van der Waals surface area contributed by atoms with Crippen molar-refractivity contribution in [3.05, 3.63) is 66.5 Å². The molecule has 1 N–H and O–H groups in total. The molecule has 2 aliphatic rings. The Morgan fingerprint density at radius 2 is 1.73 bits per heavy atom. The predicted molar refractivity (Wildman–Crippen MR) is 127 cm³/mol. The number of amides is 3. The lowest BCUT2D eigenvalue weighted by molar-refractivity contribution is -0.119. The fourth-order valence-corrected chi connectivity index (χ4v) is 4.62. The van der Waals surface area contributed by atoms with E-state index in [2.05, 4.69) is 10.3 Å². The van der Waals surface area contributed by atoms with E-state index in [0.29, 0.717) is 31.5 Å². The first-order chi connectivity index (χ1) is 16.1. The van der Waals surface area contributed by atoms with E-state index < -0.39 is 0 Å². The summed E-state index contributed by atoms with van der Waals surface area (Å²) < 4.78 is 0. The summed E-state index contributed by atoms with van der Waals surface area (Å²) in [6, 6.07) is 15.0. The van der Waals surface area contributed by atoms with E-state index in [1.807, 2.05) is 47.4 Å². The molecule has 1 aromatic heterocycles. The highest BCUT2D eigenvalue weighted by molar-refractivity contribution is 5.99. The van der Waals surface area contributed by atoms with Gasteiger partial charge in [-0.3, -0.25) is 19.4 Å². The second-order valence-corrected chi connectivity index (χ2v) is 8.74. The average molecular weight is 443 g/mol. The topological polar surface area (TPSA) is 82.6 Å². The number of benzene rings is 2. The van der Waals surface area contributed by atoms with E-state index in [0.717, 1.165) is 41.5 Å². The molecular weight excluding hydrogens is 416 g/mol. The summed E-state index contributed by atoms with van der Waals surface area (Å²) in [5.74, 6) is 0.115. The van der Waals surface area contributed by atoms with Crippen LogP contribution in [0.2, 0.25) is 0 Å². The van der Waals surface area contributed by atoms with E-state index in [9.17, 15) is 14.4 Å². The summed E-state index contributed by atoms with van der Waals surface area (Å²) in [6.07, 6.45) is 6.44. The Bertz CT molecular complexity index is 1210. The van der Waals surface area contributed by atoms with Gasteiger partial charge in [0.2, 0.25) is 11.8 Å². The van der Waals surface area contributed by atoms with Crippen molar-refractivity contribution < 1.29 is 14.4 Å². The molecule has 3 amide bonds. The Balaban J connectivity index is 1.19. The number of pyridine rings is 1. The van der Waals surface area contributed by atoms with Crippen LogP contribution in [-0.2, 0) is 9.59 Å². The number of hydrogen-bond acceptors (Lipinski definition) is 4. The second-order valence-electron chi connectivity index (χ2n) is 8.74. The maximum absolute atomic E-state index is 12.6. The molecule has 3 aromatic rings. The molecule has 3 heterocycles. The highest BCUT2D eigenvalue weighted by Gasteiger charge is 2.31. The van der Waals surface area contributed by atoms with Gasteiger partial charge >= 0.3 is 0 Å². The minimum absolute atomic E-state index is 0.0502. The normalized spacial score (nSPS) is 18.7. The van der Waals surface area contributed by atoms with E-state index >= 15 is 0 Å². The summed E-state index contributed by atoms with van der Waals surface area (Å²) >= 11 is 0. The maximum Gasteiger partial charge on any atom is 0.251 e. The molecule has 0 saturated carbocycles. The molecule has 2 aliphatic heterocycles. The molecule has 2 fully saturated rings. The molecule has 168 valence electrons. The molecule has 33 heavy (non-hydrogen) atoms. The van der Waals surface area contributed by atoms with Crippen LogP contribution in [0.25, 0.3) is 10.8 Å². The Hall–Kier alpha value is -3.74. The first-order valence-corrected chi connectivity index (χ1v) is 11.4. The quantitative estimate of drug-likeness (QED) is 0.655. The molecule has 7 heteroatoms. The second kappa shape index (κ2) is 9.02. The van der Waals surface area contributed by atoms with Gasteiger partial charge in [0, 0.05) is 73.1 Å². The molecule has 7 nitrogen and oxygen atoms in total. The summed E-state index contributed by atoms with van der Waals surface area (Å²) in [4.78, 5) is 45.1. The molecule has 2 aromatic carbocycles. The van der Waals surface area contributed by atoms with Gasteiger partial charge in [0.25, 0.3) is 5.91 Å². The molecule has 0 aliphatic carbocycles. The minimum atomic E-state index is -0.143. The van der Waals surface area contributed by atoms with Crippen LogP contribution in [0.1, 0.15) is 36.0 Å². The number of anilines is 2. The third-order valence-electron chi connectivity index (χ3n) is 6.46. The van der Waals surface area contributed by atoms with Crippen LogP contribution >= 0.6 is 0 Å². The third-order valence-corrected chi connectivity index (χ3v) is 6.46. The zero-order valence-electron chi connectivity index (χ0n) is 18.4. The zero-order chi connectivity index (χ0) is 22.8. The standard InChI is InChI=1S/C26H26N4O3/c31-24-3-1-2-12-29(24)22-6-8-23(9-7-22)30-17-18(13-25(30)32)15-28-26(33)20-4-5-21-16-27-11-10-19(21)14-20/h4-11,14,16,18H,1-3,12-13,15,17H2,(H,28,33). The summed E-state index contributed by atoms with van der Waals surface area (Å²) in [5, 5.41) is 4.93. The number of piperidine rings is 1. The molecule has 2 saturated heterocycles. The van der Waals surface area contributed by atoms with Crippen LogP contribution in [0.3, 0.4) is 0 Å². The fraction of sp³-hybridized carbons (Fsp3) is 0.308. The summed E-state index contributed by atoms with van der Waals surface area (Å²) in [6.45, 7) is 1.75. The fourth-order valence-electron chi connectivity index (χ4n) is 4.62. The number of carbonyl (C=O) groups excluding carboxylic acids is 3. The Kier molecular flexibility index (Phi) is 5.77. The van der Waals surface area contributed by atoms with Crippen LogP contribution in [0.5, 0.6) is 0 Å². The summed E-state index contributed by atoms with van der Waals surface area (Å²) in [5.41, 5.74) is 2.30. The van der Waals surface area contributed by atoms with Crippen molar-refractivity contribution in [1.29, 1.82) is 0 Å². The van der Waals surface area contributed by atoms with Crippen molar-refractivity contribution in [2.24, 2.45) is 5.92 Å². The molecular formula is C26H26N4O3. The Morgan fingerprint density at radius 1 is 0.939 bits per heavy atom. The van der Waals surface area contributed by atoms with Gasteiger partial charge in [-0.05, 0) is 60.7 Å². The first kappa shape index (κ1) is 21.1. The Labute approximate surface area is 192 Å². The highest BCUT2D eigenvalue weighted by atomic mass is 16.2. The number of aromatic nitrogens is 1. The molecule has 5 rings (SSSR count). The Morgan fingerprint density at radius 3 is 2.52 bits per heavy atom. The molecule has 1 unspecified atom stereocenters. The van der Waals surface area contributed by atoms with Gasteiger partial charge in [0.1, 0.15) is 0 Å². The van der Waals surface area contributed by atoms with Crippen molar-refractivity contribution in [1.82, 2.24) is 10.3 Å². The van der Waals surface area contributed by atoms with E-state index in [-0.39, 0.29) is 23.6 Å². The molecule has 1 atom stereocenters. The number of fused-ring (bicyclic) bond motifs is 1. The van der Waals surface area contributed by atoms with Crippen LogP contribution in [0.15, 0.2) is 60.9 Å². The molecule has 0 radical (unpaired) electrons. The van der Waals surface area contributed by atoms with Crippen molar-refractivity contribution >= 4 is 39.9 Å². The van der Waals surface area contributed by atoms with E-state index in [1.165, 1.54) is 0 Å². The maximum atomic E-state index is 12.6. The van der Waals surface area contributed by atoms with Gasteiger partial charge in [-0.15, -0.1) is 0 Å². The van der Waals surface area contributed by atoms with Crippen molar-refractivity contribution in [3.63, 3.8) is 0 Å². The van der Waals surface area contributed by atoms with E-state index in [1.54, 1.807) is 23.4 Å². The lowest BCUT2D eigenvalue weighted by Crippen LogP contribution is -2.35. The van der Waals surface area contributed by atoms with Gasteiger partial charge in [-0.25, -0.2) is 0 Å². The van der Waals surface area contributed by atoms with Crippen LogP contribution in [-0.4, -0.2) is 42.3 Å². The number of rotatable bonds is 5. The number of nitrogens with zero attached hydrogens (tertiary/aromatic N) is 3. The number of carbonyl (C=O) groups is 3. The third kappa shape index (κ3) is 4.44. The zero-order valence-corrected chi connectivity index (χ0v) is 18.4. The van der Waals surface area contributed by atoms with Gasteiger partial charge in [-0.1, -0.05) is 6.07 Å². The molecule has 0 spiro atoms. The smallest absolute Gasteiger partial charge is 0.251 e. The number of hydrogen-bond donors (Lipinski definition) is 1. The minimum Gasteiger partial charge on any atom is -0.352 e.